The van der Waals surface area contributed by atoms with Crippen molar-refractivity contribution in [3.05, 3.63) is 12.2 Å². The second-order valence-corrected chi connectivity index (χ2v) is 2.69. The lowest BCUT2D eigenvalue weighted by molar-refractivity contribution is -0.128. The summed E-state index contributed by atoms with van der Waals surface area (Å²) < 4.78 is 1.56. The minimum atomic E-state index is -0.992. The lowest BCUT2D eigenvalue weighted by atomic mass is 10.4. The molecule has 1 aromatic rings. The van der Waals surface area contributed by atoms with Crippen LogP contribution in [0.4, 0.5) is 0 Å². The summed E-state index contributed by atoms with van der Waals surface area (Å²) in [6, 6.07) is 0. The molecule has 1 unspecified atom stereocenters. The summed E-state index contributed by atoms with van der Waals surface area (Å²) in [4.78, 5) is 14.8. The maximum atomic E-state index is 10.9. The normalized spacial score (nSPS) is 12.5. The van der Waals surface area contributed by atoms with Gasteiger partial charge in [-0.05, 0) is 6.92 Å². The van der Waals surface area contributed by atoms with E-state index >= 15 is 0 Å². The number of carbonyl (C=O) groups excluding carboxylic acids is 1. The van der Waals surface area contributed by atoms with Gasteiger partial charge in [0.2, 0.25) is 5.91 Å². The fourth-order valence-electron chi connectivity index (χ4n) is 0.794. The van der Waals surface area contributed by atoms with E-state index in [0.717, 1.165) is 0 Å². The van der Waals surface area contributed by atoms with Crippen LogP contribution in [-0.2, 0) is 18.4 Å². The van der Waals surface area contributed by atoms with Crippen molar-refractivity contribution in [2.24, 2.45) is 7.05 Å². The second kappa shape index (κ2) is 3.99. The van der Waals surface area contributed by atoms with Crippen molar-refractivity contribution in [2.45, 2.75) is 19.6 Å². The van der Waals surface area contributed by atoms with E-state index in [9.17, 15) is 4.79 Å². The minimum absolute atomic E-state index is 0.278. The lowest BCUT2D eigenvalue weighted by Gasteiger charge is -2.05. The molecule has 0 radical (unpaired) electrons. The molecular formula is C7H12N4O2. The number of aromatic nitrogens is 3. The summed E-state index contributed by atoms with van der Waals surface area (Å²) in [5, 5.41) is 15.2. The summed E-state index contributed by atoms with van der Waals surface area (Å²) in [5.41, 5.74) is 0. The molecule has 0 aliphatic rings. The molecule has 0 aliphatic heterocycles. The van der Waals surface area contributed by atoms with Gasteiger partial charge in [-0.1, -0.05) is 0 Å². The molecule has 0 saturated heterocycles. The van der Waals surface area contributed by atoms with Gasteiger partial charge in [-0.15, -0.1) is 0 Å². The Balaban J connectivity index is 2.44. The molecule has 0 aliphatic carbocycles. The molecule has 0 fully saturated rings. The molecule has 1 heterocycles. The second-order valence-electron chi connectivity index (χ2n) is 2.69. The Bertz CT molecular complexity index is 294. The van der Waals surface area contributed by atoms with Gasteiger partial charge in [0.25, 0.3) is 0 Å². The van der Waals surface area contributed by atoms with Crippen molar-refractivity contribution >= 4 is 5.91 Å². The summed E-state index contributed by atoms with van der Waals surface area (Å²) >= 11 is 0. The van der Waals surface area contributed by atoms with Crippen LogP contribution in [0.25, 0.3) is 0 Å². The Morgan fingerprint density at radius 2 is 2.54 bits per heavy atom. The molecule has 1 atom stereocenters. The van der Waals surface area contributed by atoms with E-state index in [4.69, 9.17) is 5.11 Å². The van der Waals surface area contributed by atoms with E-state index < -0.39 is 12.0 Å². The van der Waals surface area contributed by atoms with E-state index in [1.54, 1.807) is 11.7 Å². The van der Waals surface area contributed by atoms with Crippen molar-refractivity contribution in [1.82, 2.24) is 20.1 Å². The van der Waals surface area contributed by atoms with E-state index in [1.807, 2.05) is 0 Å². The topological polar surface area (TPSA) is 80.0 Å². The molecule has 1 rings (SSSR count). The predicted octanol–water partition coefficient (Wildman–Crippen LogP) is -1.19. The average Bonchev–Trinajstić information content (AvgIpc) is 2.47. The first kappa shape index (κ1) is 9.66. The Kier molecular flexibility index (Phi) is 2.97. The van der Waals surface area contributed by atoms with Crippen LogP contribution in [0.2, 0.25) is 0 Å². The fraction of sp³-hybridized carbons (Fsp3) is 0.571. The van der Waals surface area contributed by atoms with Gasteiger partial charge in [0, 0.05) is 7.05 Å². The molecule has 0 spiro atoms. The number of aliphatic hydroxyl groups is 1. The maximum absolute atomic E-state index is 10.9. The van der Waals surface area contributed by atoms with Crippen LogP contribution in [-0.4, -0.2) is 31.9 Å². The van der Waals surface area contributed by atoms with Crippen LogP contribution in [0.15, 0.2) is 6.33 Å². The number of amides is 1. The van der Waals surface area contributed by atoms with Crippen molar-refractivity contribution < 1.29 is 9.90 Å². The van der Waals surface area contributed by atoms with Crippen molar-refractivity contribution in [2.75, 3.05) is 0 Å². The van der Waals surface area contributed by atoms with Crippen LogP contribution in [0.3, 0.4) is 0 Å². The SMILES string of the molecule is CC(O)C(=O)NCc1ncnn1C. The number of carbonyl (C=O) groups is 1. The van der Waals surface area contributed by atoms with E-state index in [1.165, 1.54) is 13.3 Å². The Hall–Kier alpha value is -1.43. The van der Waals surface area contributed by atoms with Gasteiger partial charge in [-0.3, -0.25) is 9.48 Å². The first-order valence-electron chi connectivity index (χ1n) is 3.90. The standard InChI is InChI=1S/C7H12N4O2/c1-5(12)7(13)8-3-6-9-4-10-11(6)2/h4-5,12H,3H2,1-2H3,(H,8,13). The van der Waals surface area contributed by atoms with Crippen LogP contribution in [0, 0.1) is 0 Å². The van der Waals surface area contributed by atoms with E-state index in [-0.39, 0.29) is 6.54 Å². The van der Waals surface area contributed by atoms with E-state index in [2.05, 4.69) is 15.4 Å². The summed E-state index contributed by atoms with van der Waals surface area (Å²) in [6.07, 6.45) is 0.414. The Labute approximate surface area is 75.6 Å². The van der Waals surface area contributed by atoms with Crippen LogP contribution >= 0.6 is 0 Å². The zero-order valence-corrected chi connectivity index (χ0v) is 7.56. The largest absolute Gasteiger partial charge is 0.384 e. The van der Waals surface area contributed by atoms with E-state index in [0.29, 0.717) is 5.82 Å². The Morgan fingerprint density at radius 1 is 1.85 bits per heavy atom. The summed E-state index contributed by atoms with van der Waals surface area (Å²) in [5.74, 6) is 0.233. The van der Waals surface area contributed by atoms with Crippen LogP contribution in [0.5, 0.6) is 0 Å². The van der Waals surface area contributed by atoms with Gasteiger partial charge in [-0.25, -0.2) is 4.98 Å². The highest BCUT2D eigenvalue weighted by molar-refractivity contribution is 5.79. The molecule has 0 bridgehead atoms. The molecule has 1 amide bonds. The lowest BCUT2D eigenvalue weighted by Crippen LogP contribution is -2.32. The number of aliphatic hydroxyl groups excluding tert-OH is 1. The predicted molar refractivity (Wildman–Crippen MR) is 44.5 cm³/mol. The molecule has 1 aromatic heterocycles. The monoisotopic (exact) mass is 184 g/mol. The third-order valence-corrected chi connectivity index (χ3v) is 1.61. The smallest absolute Gasteiger partial charge is 0.248 e. The third-order valence-electron chi connectivity index (χ3n) is 1.61. The first-order valence-corrected chi connectivity index (χ1v) is 3.90. The summed E-state index contributed by atoms with van der Waals surface area (Å²) in [7, 11) is 1.73. The van der Waals surface area contributed by atoms with Gasteiger partial charge < -0.3 is 10.4 Å². The van der Waals surface area contributed by atoms with Gasteiger partial charge in [0.05, 0.1) is 6.54 Å². The van der Waals surface area contributed by atoms with Crippen LogP contribution in [0.1, 0.15) is 12.7 Å². The third kappa shape index (κ3) is 2.51. The Morgan fingerprint density at radius 3 is 3.00 bits per heavy atom. The molecule has 2 N–H and O–H groups in total. The van der Waals surface area contributed by atoms with Gasteiger partial charge in [-0.2, -0.15) is 5.10 Å². The zero-order chi connectivity index (χ0) is 9.84. The molecule has 6 heteroatoms. The first-order chi connectivity index (χ1) is 6.11. The van der Waals surface area contributed by atoms with Crippen molar-refractivity contribution in [3.63, 3.8) is 0 Å². The molecule has 72 valence electrons. The number of nitrogens with one attached hydrogen (secondary N) is 1. The van der Waals surface area contributed by atoms with Gasteiger partial charge >= 0.3 is 0 Å². The molecule has 13 heavy (non-hydrogen) atoms. The molecule has 0 aromatic carbocycles. The number of nitrogens with zero attached hydrogens (tertiary/aromatic N) is 3. The van der Waals surface area contributed by atoms with Crippen molar-refractivity contribution in [3.8, 4) is 0 Å². The highest BCUT2D eigenvalue weighted by atomic mass is 16.3. The molecular weight excluding hydrogens is 172 g/mol. The van der Waals surface area contributed by atoms with Crippen LogP contribution < -0.4 is 5.32 Å². The number of hydrogen-bond acceptors (Lipinski definition) is 4. The quantitative estimate of drug-likeness (QED) is 0.619. The number of hydrogen-bond donors (Lipinski definition) is 2. The zero-order valence-electron chi connectivity index (χ0n) is 7.56. The molecule has 6 nitrogen and oxygen atoms in total. The molecule has 0 saturated carbocycles. The van der Waals surface area contributed by atoms with Gasteiger partial charge in [0.1, 0.15) is 18.3 Å². The van der Waals surface area contributed by atoms with Crippen molar-refractivity contribution in [1.29, 1.82) is 0 Å². The summed E-state index contributed by atoms with van der Waals surface area (Å²) in [6.45, 7) is 1.69. The number of aryl methyl sites for hydroxylation is 1. The highest BCUT2D eigenvalue weighted by Crippen LogP contribution is 1.90. The highest BCUT2D eigenvalue weighted by Gasteiger charge is 2.08. The maximum Gasteiger partial charge on any atom is 0.248 e. The average molecular weight is 184 g/mol. The van der Waals surface area contributed by atoms with Gasteiger partial charge in [0.15, 0.2) is 0 Å². The fourth-order valence-corrected chi connectivity index (χ4v) is 0.794. The minimum Gasteiger partial charge on any atom is -0.384 e. The number of rotatable bonds is 3.